The van der Waals surface area contributed by atoms with Gasteiger partial charge in [0, 0.05) is 45.4 Å². The number of amides is 2. The lowest BCUT2D eigenvalue weighted by atomic mass is 9.92. The average molecular weight is 411 g/mol. The van der Waals surface area contributed by atoms with Crippen LogP contribution in [0.15, 0.2) is 5.51 Å². The summed E-state index contributed by atoms with van der Waals surface area (Å²) in [6, 6.07) is 0. The number of piperidine rings is 2. The third kappa shape index (κ3) is 6.05. The maximum Gasteiger partial charge on any atom is 0.410 e. The molecule has 2 amide bonds. The van der Waals surface area contributed by atoms with E-state index in [4.69, 9.17) is 9.47 Å². The molecule has 0 atom stereocenters. The maximum absolute atomic E-state index is 12.7. The fourth-order valence-electron chi connectivity index (χ4n) is 3.60. The second-order valence-electron chi connectivity index (χ2n) is 8.52. The highest BCUT2D eigenvalue weighted by atomic mass is 32.1. The van der Waals surface area contributed by atoms with Gasteiger partial charge in [0.05, 0.1) is 0 Å². The molecule has 8 nitrogen and oxygen atoms in total. The van der Waals surface area contributed by atoms with E-state index in [2.05, 4.69) is 10.2 Å². The van der Waals surface area contributed by atoms with E-state index in [1.807, 2.05) is 25.7 Å². The molecule has 28 heavy (non-hydrogen) atoms. The molecule has 2 fully saturated rings. The predicted molar refractivity (Wildman–Crippen MR) is 105 cm³/mol. The summed E-state index contributed by atoms with van der Waals surface area (Å²) in [7, 11) is 0. The van der Waals surface area contributed by atoms with Crippen molar-refractivity contribution in [2.75, 3.05) is 26.2 Å². The van der Waals surface area contributed by atoms with E-state index in [0.717, 1.165) is 38.8 Å². The summed E-state index contributed by atoms with van der Waals surface area (Å²) in [4.78, 5) is 28.5. The normalized spacial score (nSPS) is 19.5. The standard InChI is InChI=1S/C19H30N4O4S/c1-19(2,3)27-18(25)23-8-4-14(5-9-23)12-16(24)22-10-6-15(7-11-22)26-17-21-20-13-28-17/h13-15H,4-12H2,1-3H3. The SMILES string of the molecule is CC(C)(C)OC(=O)N1CCC(CC(=O)N2CCC(Oc3nncs3)CC2)CC1. The molecule has 0 aromatic carbocycles. The highest BCUT2D eigenvalue weighted by Crippen LogP contribution is 2.25. The number of aromatic nitrogens is 2. The van der Waals surface area contributed by atoms with Crippen LogP contribution in [0, 0.1) is 5.92 Å². The van der Waals surface area contributed by atoms with Crippen LogP contribution in [0.4, 0.5) is 4.79 Å². The van der Waals surface area contributed by atoms with Gasteiger partial charge in [-0.25, -0.2) is 4.79 Å². The molecule has 0 spiro atoms. The first-order valence-corrected chi connectivity index (χ1v) is 10.9. The summed E-state index contributed by atoms with van der Waals surface area (Å²) in [5, 5.41) is 8.28. The van der Waals surface area contributed by atoms with Crippen molar-refractivity contribution in [3.05, 3.63) is 5.51 Å². The molecule has 0 radical (unpaired) electrons. The molecule has 2 aliphatic heterocycles. The van der Waals surface area contributed by atoms with Crippen molar-refractivity contribution in [3.8, 4) is 5.19 Å². The summed E-state index contributed by atoms with van der Waals surface area (Å²) in [6.45, 7) is 8.38. The van der Waals surface area contributed by atoms with Crippen LogP contribution in [0.2, 0.25) is 0 Å². The molecule has 2 saturated heterocycles. The van der Waals surface area contributed by atoms with Crippen LogP contribution in [0.3, 0.4) is 0 Å². The van der Waals surface area contributed by atoms with Gasteiger partial charge < -0.3 is 19.3 Å². The monoisotopic (exact) mass is 410 g/mol. The molecule has 9 heteroatoms. The molecule has 0 aliphatic carbocycles. The minimum absolute atomic E-state index is 0.106. The van der Waals surface area contributed by atoms with E-state index >= 15 is 0 Å². The number of hydrogen-bond donors (Lipinski definition) is 0. The Kier molecular flexibility index (Phi) is 6.74. The van der Waals surface area contributed by atoms with E-state index < -0.39 is 5.60 Å². The van der Waals surface area contributed by atoms with Gasteiger partial charge in [-0.15, -0.1) is 10.2 Å². The van der Waals surface area contributed by atoms with Gasteiger partial charge in [-0.3, -0.25) is 4.79 Å². The Morgan fingerprint density at radius 2 is 1.75 bits per heavy atom. The first-order chi connectivity index (χ1) is 13.3. The largest absolute Gasteiger partial charge is 0.465 e. The lowest BCUT2D eigenvalue weighted by molar-refractivity contribution is -0.134. The number of carbonyl (C=O) groups is 2. The average Bonchev–Trinajstić information content (AvgIpc) is 3.14. The number of likely N-dealkylation sites (tertiary alicyclic amines) is 2. The van der Waals surface area contributed by atoms with Crippen LogP contribution < -0.4 is 4.74 Å². The minimum atomic E-state index is -0.476. The van der Waals surface area contributed by atoms with Gasteiger partial charge in [0.1, 0.15) is 17.2 Å². The molecule has 1 aromatic rings. The van der Waals surface area contributed by atoms with Gasteiger partial charge in [0.25, 0.3) is 5.19 Å². The highest BCUT2D eigenvalue weighted by Gasteiger charge is 2.30. The summed E-state index contributed by atoms with van der Waals surface area (Å²) >= 11 is 1.39. The molecule has 3 rings (SSSR count). The third-order valence-corrected chi connectivity index (χ3v) is 5.71. The number of ether oxygens (including phenoxy) is 2. The molecule has 0 unspecified atom stereocenters. The van der Waals surface area contributed by atoms with Gasteiger partial charge in [-0.2, -0.15) is 0 Å². The summed E-state index contributed by atoms with van der Waals surface area (Å²) < 4.78 is 11.2. The van der Waals surface area contributed by atoms with Crippen LogP contribution in [0.5, 0.6) is 5.19 Å². The van der Waals surface area contributed by atoms with E-state index in [9.17, 15) is 9.59 Å². The Morgan fingerprint density at radius 3 is 2.32 bits per heavy atom. The fourth-order valence-corrected chi connectivity index (χ4v) is 4.07. The molecule has 2 aliphatic rings. The Morgan fingerprint density at radius 1 is 1.11 bits per heavy atom. The number of carbonyl (C=O) groups excluding carboxylic acids is 2. The summed E-state index contributed by atoms with van der Waals surface area (Å²) in [6.07, 6.45) is 3.75. The Labute approximate surface area is 170 Å². The first kappa shape index (κ1) is 20.8. The number of rotatable bonds is 4. The van der Waals surface area contributed by atoms with Gasteiger partial charge in [0.2, 0.25) is 5.91 Å². The second-order valence-corrected chi connectivity index (χ2v) is 9.31. The zero-order valence-corrected chi connectivity index (χ0v) is 17.7. The predicted octanol–water partition coefficient (Wildman–Crippen LogP) is 2.95. The van der Waals surface area contributed by atoms with Gasteiger partial charge in [0.15, 0.2) is 0 Å². The van der Waals surface area contributed by atoms with Crippen LogP contribution in [0.1, 0.15) is 52.9 Å². The Bertz CT molecular complexity index is 645. The lowest BCUT2D eigenvalue weighted by Crippen LogP contribution is -2.44. The van der Waals surface area contributed by atoms with Crippen molar-refractivity contribution < 1.29 is 19.1 Å². The molecule has 0 N–H and O–H groups in total. The molecule has 0 saturated carbocycles. The zero-order valence-electron chi connectivity index (χ0n) is 16.9. The quantitative estimate of drug-likeness (QED) is 0.759. The van der Waals surface area contributed by atoms with Crippen LogP contribution in [-0.4, -0.2) is 69.9 Å². The maximum atomic E-state index is 12.7. The molecule has 156 valence electrons. The molecule has 0 bridgehead atoms. The second kappa shape index (κ2) is 9.07. The zero-order chi connectivity index (χ0) is 20.1. The van der Waals surface area contributed by atoms with E-state index in [1.54, 1.807) is 10.4 Å². The highest BCUT2D eigenvalue weighted by molar-refractivity contribution is 7.11. The van der Waals surface area contributed by atoms with Crippen LogP contribution in [0.25, 0.3) is 0 Å². The van der Waals surface area contributed by atoms with Crippen molar-refractivity contribution in [1.29, 1.82) is 0 Å². The summed E-state index contributed by atoms with van der Waals surface area (Å²) in [5.74, 6) is 0.548. The first-order valence-electron chi connectivity index (χ1n) is 9.98. The van der Waals surface area contributed by atoms with Gasteiger partial charge >= 0.3 is 6.09 Å². The van der Waals surface area contributed by atoms with Gasteiger partial charge in [-0.1, -0.05) is 11.3 Å². The van der Waals surface area contributed by atoms with Crippen molar-refractivity contribution in [2.45, 2.75) is 64.6 Å². The Balaban J connectivity index is 1.36. The van der Waals surface area contributed by atoms with Gasteiger partial charge in [-0.05, 0) is 39.5 Å². The lowest BCUT2D eigenvalue weighted by Gasteiger charge is -2.35. The van der Waals surface area contributed by atoms with E-state index in [-0.39, 0.29) is 18.1 Å². The number of nitrogens with zero attached hydrogens (tertiary/aromatic N) is 4. The van der Waals surface area contributed by atoms with Crippen molar-refractivity contribution in [1.82, 2.24) is 20.0 Å². The summed E-state index contributed by atoms with van der Waals surface area (Å²) in [5.41, 5.74) is 1.18. The third-order valence-electron chi connectivity index (χ3n) is 5.13. The van der Waals surface area contributed by atoms with Crippen molar-refractivity contribution in [2.24, 2.45) is 5.92 Å². The minimum Gasteiger partial charge on any atom is -0.465 e. The molecule has 1 aromatic heterocycles. The van der Waals surface area contributed by atoms with Crippen molar-refractivity contribution in [3.63, 3.8) is 0 Å². The smallest absolute Gasteiger partial charge is 0.410 e. The molecular weight excluding hydrogens is 380 g/mol. The molecular formula is C19H30N4O4S. The van der Waals surface area contributed by atoms with Crippen LogP contribution >= 0.6 is 11.3 Å². The van der Waals surface area contributed by atoms with E-state index in [0.29, 0.717) is 30.6 Å². The fraction of sp³-hybridized carbons (Fsp3) is 0.789. The number of hydrogen-bond acceptors (Lipinski definition) is 7. The Hall–Kier alpha value is -1.90. The topological polar surface area (TPSA) is 84.9 Å². The van der Waals surface area contributed by atoms with Crippen molar-refractivity contribution >= 4 is 23.3 Å². The van der Waals surface area contributed by atoms with Crippen LogP contribution in [-0.2, 0) is 9.53 Å². The van der Waals surface area contributed by atoms with E-state index in [1.165, 1.54) is 11.3 Å². The molecule has 3 heterocycles.